The van der Waals surface area contributed by atoms with E-state index in [2.05, 4.69) is 4.52 Å². The maximum atomic E-state index is 10.5. The van der Waals surface area contributed by atoms with Crippen LogP contribution in [0.4, 0.5) is 0 Å². The number of hydrogen-bond donors (Lipinski definition) is 4. The molecule has 72 valence electrons. The van der Waals surface area contributed by atoms with Crippen LogP contribution >= 0.6 is 7.82 Å². The zero-order valence-corrected chi connectivity index (χ0v) is 6.85. The Kier molecular flexibility index (Phi) is 4.54. The van der Waals surface area contributed by atoms with Crippen molar-refractivity contribution in [1.29, 1.82) is 0 Å². The first-order valence-corrected chi connectivity index (χ1v) is 4.41. The maximum Gasteiger partial charge on any atom is 0.470 e. The third-order valence-corrected chi connectivity index (χ3v) is 1.39. The molecule has 0 unspecified atom stereocenters. The minimum atomic E-state index is -4.68. The molecular weight excluding hydrogens is 191 g/mol. The summed E-state index contributed by atoms with van der Waals surface area (Å²) in [6.45, 7) is -1.73. The van der Waals surface area contributed by atoms with Gasteiger partial charge in [0.05, 0.1) is 6.61 Å². The van der Waals surface area contributed by atoms with Crippen LogP contribution in [0.5, 0.6) is 0 Å². The second-order valence-corrected chi connectivity index (χ2v) is 3.17. The largest absolute Gasteiger partial charge is 0.470 e. The van der Waals surface area contributed by atoms with E-state index in [0.29, 0.717) is 0 Å². The summed E-state index contributed by atoms with van der Waals surface area (Å²) in [7, 11) is -4.68. The minimum Gasteiger partial charge on any atom is -0.393 e. The Balaban J connectivity index is 3.80. The Morgan fingerprint density at radius 3 is 2.33 bits per heavy atom. The highest BCUT2D eigenvalue weighted by Crippen LogP contribution is 2.35. The van der Waals surface area contributed by atoms with E-state index >= 15 is 0 Å². The van der Waals surface area contributed by atoms with Gasteiger partial charge in [-0.1, -0.05) is 0 Å². The van der Waals surface area contributed by atoms with E-state index in [1.54, 1.807) is 0 Å². The molecule has 0 aliphatic carbocycles. The van der Waals surface area contributed by atoms with Gasteiger partial charge in [-0.3, -0.25) is 9.32 Å². The van der Waals surface area contributed by atoms with Gasteiger partial charge in [0.25, 0.3) is 0 Å². The summed E-state index contributed by atoms with van der Waals surface area (Å²) in [5, 5.41) is 16.8. The average Bonchev–Trinajstić information content (AvgIpc) is 1.97. The third kappa shape index (κ3) is 5.36. The van der Waals surface area contributed by atoms with Gasteiger partial charge < -0.3 is 20.0 Å². The molecule has 0 aromatic heterocycles. The van der Waals surface area contributed by atoms with E-state index in [0.717, 1.165) is 0 Å². The lowest BCUT2D eigenvalue weighted by molar-refractivity contribution is -0.131. The number of carbonyl (C=O) groups is 1. The molecule has 0 radical (unpaired) electrons. The predicted molar refractivity (Wildman–Crippen MR) is 36.1 cm³/mol. The zero-order valence-electron chi connectivity index (χ0n) is 5.95. The Labute approximate surface area is 67.8 Å². The van der Waals surface area contributed by atoms with Crippen LogP contribution in [0.25, 0.3) is 0 Å². The molecule has 0 saturated heterocycles. The molecule has 0 aliphatic heterocycles. The molecule has 0 aromatic carbocycles. The zero-order chi connectivity index (χ0) is 9.78. The molecule has 0 aromatic rings. The van der Waals surface area contributed by atoms with Crippen molar-refractivity contribution in [1.82, 2.24) is 0 Å². The number of aliphatic hydroxyl groups excluding tert-OH is 2. The minimum absolute atomic E-state index is 0.802. The fourth-order valence-corrected chi connectivity index (χ4v) is 0.641. The normalized spacial score (nSPS) is 14.3. The molecule has 0 spiro atoms. The van der Waals surface area contributed by atoms with Gasteiger partial charge in [0.1, 0.15) is 12.7 Å². The molecule has 8 heteroatoms. The number of aliphatic hydroxyl groups is 2. The molecule has 0 saturated carbocycles. The van der Waals surface area contributed by atoms with Crippen molar-refractivity contribution in [2.75, 3.05) is 13.2 Å². The van der Waals surface area contributed by atoms with Crippen LogP contribution in [0.2, 0.25) is 0 Å². The lowest BCUT2D eigenvalue weighted by Gasteiger charge is -2.06. The highest BCUT2D eigenvalue weighted by Gasteiger charge is 2.20. The van der Waals surface area contributed by atoms with Crippen molar-refractivity contribution >= 4 is 13.6 Å². The Bertz CT molecular complexity index is 196. The molecule has 7 nitrogen and oxygen atoms in total. The first-order chi connectivity index (χ1) is 5.37. The third-order valence-electron chi connectivity index (χ3n) is 0.920. The number of phosphoric ester groups is 1. The van der Waals surface area contributed by atoms with Gasteiger partial charge >= 0.3 is 7.82 Å². The van der Waals surface area contributed by atoms with E-state index in [4.69, 9.17) is 20.0 Å². The summed E-state index contributed by atoms with van der Waals surface area (Å²) in [5.41, 5.74) is 0. The Morgan fingerprint density at radius 1 is 1.50 bits per heavy atom. The van der Waals surface area contributed by atoms with Gasteiger partial charge in [0.2, 0.25) is 0 Å². The quantitative estimate of drug-likeness (QED) is 0.379. The fraction of sp³-hybridized carbons (Fsp3) is 0.750. The Hall–Kier alpha value is -0.300. The molecule has 0 fully saturated rings. The highest BCUT2D eigenvalue weighted by atomic mass is 31.2. The standard InChI is InChI=1S/C4H9O7P/c5-1-3(6)4(7)2-11-12(8,9)10/h3,5-6H,1-2H2,(H2,8,9,10)/t3-/m0/s1. The second-order valence-electron chi connectivity index (χ2n) is 1.93. The van der Waals surface area contributed by atoms with Crippen molar-refractivity contribution in [3.63, 3.8) is 0 Å². The number of Topliss-reactive ketones (excluding diaryl/α,β-unsaturated/α-hetero) is 1. The SMILES string of the molecule is O=C(COP(=O)(O)O)[C@@H](O)CO. The number of carbonyl (C=O) groups excluding carboxylic acids is 1. The molecule has 0 rings (SSSR count). The van der Waals surface area contributed by atoms with Crippen LogP contribution in [0.1, 0.15) is 0 Å². The van der Waals surface area contributed by atoms with Crippen LogP contribution in [0, 0.1) is 0 Å². The first-order valence-electron chi connectivity index (χ1n) is 2.88. The molecule has 0 amide bonds. The van der Waals surface area contributed by atoms with Gasteiger partial charge in [-0.2, -0.15) is 0 Å². The van der Waals surface area contributed by atoms with Crippen molar-refractivity contribution in [3.05, 3.63) is 0 Å². The summed E-state index contributed by atoms with van der Waals surface area (Å²) >= 11 is 0. The van der Waals surface area contributed by atoms with Crippen LogP contribution in [0.3, 0.4) is 0 Å². The van der Waals surface area contributed by atoms with Crippen molar-refractivity contribution in [3.8, 4) is 0 Å². The van der Waals surface area contributed by atoms with Crippen molar-refractivity contribution in [2.24, 2.45) is 0 Å². The molecule has 4 N–H and O–H groups in total. The fourth-order valence-electron chi connectivity index (χ4n) is 0.346. The van der Waals surface area contributed by atoms with Crippen molar-refractivity contribution < 1.29 is 33.9 Å². The predicted octanol–water partition coefficient (Wildman–Crippen LogP) is -1.98. The second kappa shape index (κ2) is 4.66. The molecule has 1 atom stereocenters. The molecule has 0 bridgehead atoms. The van der Waals surface area contributed by atoms with E-state index < -0.39 is 32.9 Å². The summed E-state index contributed by atoms with van der Waals surface area (Å²) in [6.07, 6.45) is -1.66. The topological polar surface area (TPSA) is 124 Å². The molecule has 0 heterocycles. The number of ketones is 1. The van der Waals surface area contributed by atoms with E-state index in [1.807, 2.05) is 0 Å². The molecular formula is C4H9O7P. The van der Waals surface area contributed by atoms with Crippen LogP contribution in [-0.2, 0) is 13.9 Å². The van der Waals surface area contributed by atoms with Gasteiger partial charge in [-0.05, 0) is 0 Å². The van der Waals surface area contributed by atoms with Crippen molar-refractivity contribution in [2.45, 2.75) is 6.10 Å². The summed E-state index contributed by atoms with van der Waals surface area (Å²) < 4.78 is 13.8. The van der Waals surface area contributed by atoms with Crippen LogP contribution < -0.4 is 0 Å². The highest BCUT2D eigenvalue weighted by molar-refractivity contribution is 7.46. The van der Waals surface area contributed by atoms with E-state index in [9.17, 15) is 9.36 Å². The smallest absolute Gasteiger partial charge is 0.393 e. The van der Waals surface area contributed by atoms with Gasteiger partial charge in [0.15, 0.2) is 5.78 Å². The maximum absolute atomic E-state index is 10.5. The van der Waals surface area contributed by atoms with Gasteiger partial charge in [0, 0.05) is 0 Å². The Morgan fingerprint density at radius 2 is 2.00 bits per heavy atom. The van der Waals surface area contributed by atoms with Gasteiger partial charge in [-0.15, -0.1) is 0 Å². The lowest BCUT2D eigenvalue weighted by Crippen LogP contribution is -2.27. The van der Waals surface area contributed by atoms with Crippen LogP contribution in [0.15, 0.2) is 0 Å². The summed E-state index contributed by atoms with van der Waals surface area (Å²) in [6, 6.07) is 0. The number of rotatable bonds is 5. The van der Waals surface area contributed by atoms with E-state index in [1.165, 1.54) is 0 Å². The number of hydrogen-bond acceptors (Lipinski definition) is 5. The summed E-state index contributed by atoms with van der Waals surface area (Å²) in [5.74, 6) is -0.985. The van der Waals surface area contributed by atoms with Gasteiger partial charge in [-0.25, -0.2) is 4.57 Å². The summed E-state index contributed by atoms with van der Waals surface area (Å²) in [4.78, 5) is 26.8. The van der Waals surface area contributed by atoms with Crippen LogP contribution in [-0.4, -0.2) is 45.1 Å². The first kappa shape index (κ1) is 11.7. The average molecular weight is 200 g/mol. The van der Waals surface area contributed by atoms with E-state index in [-0.39, 0.29) is 0 Å². The number of phosphoric acid groups is 1. The monoisotopic (exact) mass is 200 g/mol. The molecule has 12 heavy (non-hydrogen) atoms. The lowest BCUT2D eigenvalue weighted by atomic mass is 10.3. The molecule has 0 aliphatic rings.